The molecule has 0 aliphatic heterocycles. The van der Waals surface area contributed by atoms with Gasteiger partial charge in [0.25, 0.3) is 0 Å². The van der Waals surface area contributed by atoms with Gasteiger partial charge in [-0.25, -0.2) is 0 Å². The number of benzene rings is 2. The van der Waals surface area contributed by atoms with E-state index in [4.69, 9.17) is 0 Å². The third-order valence-corrected chi connectivity index (χ3v) is 3.49. The van der Waals surface area contributed by atoms with Gasteiger partial charge in [0.15, 0.2) is 0 Å². The number of phenolic OH excluding ortho intramolecular Hbond substituents is 2. The summed E-state index contributed by atoms with van der Waals surface area (Å²) < 4.78 is 1.11. The van der Waals surface area contributed by atoms with Crippen molar-refractivity contribution in [3.05, 3.63) is 56.5 Å². The molecule has 0 spiro atoms. The summed E-state index contributed by atoms with van der Waals surface area (Å²) in [5, 5.41) is 19.5. The number of para-hydroxylation sites is 1. The first-order valence-corrected chi connectivity index (χ1v) is 6.60. The Morgan fingerprint density at radius 1 is 1.00 bits per heavy atom. The third kappa shape index (κ3) is 2.42. The van der Waals surface area contributed by atoms with Crippen molar-refractivity contribution in [1.29, 1.82) is 0 Å². The Balaban J connectivity index is 2.57. The second-order valence-corrected chi connectivity index (χ2v) is 5.40. The first-order valence-electron chi connectivity index (χ1n) is 5.01. The van der Waals surface area contributed by atoms with Gasteiger partial charge in [-0.15, -0.1) is 0 Å². The highest BCUT2D eigenvalue weighted by Gasteiger charge is 2.20. The summed E-state index contributed by atoms with van der Waals surface area (Å²) in [4.78, 5) is 12.3. The number of hydrogen-bond acceptors (Lipinski definition) is 3. The van der Waals surface area contributed by atoms with Crippen LogP contribution >= 0.6 is 31.9 Å². The molecule has 0 bridgehead atoms. The Kier molecular flexibility index (Phi) is 3.73. The van der Waals surface area contributed by atoms with Crippen molar-refractivity contribution in [3.8, 4) is 11.5 Å². The molecule has 0 aliphatic carbocycles. The van der Waals surface area contributed by atoms with Crippen molar-refractivity contribution < 1.29 is 15.0 Å². The first-order chi connectivity index (χ1) is 8.50. The zero-order chi connectivity index (χ0) is 13.3. The predicted octanol–water partition coefficient (Wildman–Crippen LogP) is 3.85. The second kappa shape index (κ2) is 5.12. The molecule has 0 saturated carbocycles. The molecule has 0 atom stereocenters. The average molecular weight is 372 g/mol. The highest BCUT2D eigenvalue weighted by atomic mass is 79.9. The molecule has 2 rings (SSSR count). The minimum atomic E-state index is -0.440. The van der Waals surface area contributed by atoms with Crippen LogP contribution in [-0.4, -0.2) is 16.0 Å². The molecule has 0 fully saturated rings. The summed E-state index contributed by atoms with van der Waals surface area (Å²) in [6, 6.07) is 9.30. The summed E-state index contributed by atoms with van der Waals surface area (Å²) in [6.45, 7) is 0. The molecule has 2 aromatic rings. The van der Waals surface area contributed by atoms with Gasteiger partial charge in [-0.05, 0) is 40.2 Å². The third-order valence-electron chi connectivity index (χ3n) is 2.41. The molecule has 0 aromatic heterocycles. The molecule has 0 radical (unpaired) electrons. The fourth-order valence-corrected chi connectivity index (χ4v) is 2.97. The van der Waals surface area contributed by atoms with E-state index in [0.717, 1.165) is 0 Å². The zero-order valence-electron chi connectivity index (χ0n) is 9.02. The van der Waals surface area contributed by atoms with Crippen LogP contribution in [0.5, 0.6) is 11.5 Å². The molecule has 0 saturated heterocycles. The Bertz CT molecular complexity index is 600. The zero-order valence-corrected chi connectivity index (χ0v) is 12.2. The molecule has 2 N–H and O–H groups in total. The first kappa shape index (κ1) is 13.1. The van der Waals surface area contributed by atoms with Crippen molar-refractivity contribution >= 4 is 37.6 Å². The lowest BCUT2D eigenvalue weighted by molar-refractivity contribution is 0.103. The van der Waals surface area contributed by atoms with Gasteiger partial charge in [0.05, 0.1) is 11.1 Å². The molecule has 92 valence electrons. The topological polar surface area (TPSA) is 57.5 Å². The van der Waals surface area contributed by atoms with Crippen LogP contribution in [0.25, 0.3) is 0 Å². The average Bonchev–Trinajstić information content (AvgIpc) is 2.27. The van der Waals surface area contributed by atoms with Gasteiger partial charge in [0.1, 0.15) is 11.5 Å². The smallest absolute Gasteiger partial charge is 0.201 e. The fraction of sp³-hybridized carbons (Fsp3) is 0. The monoisotopic (exact) mass is 370 g/mol. The Morgan fingerprint density at radius 3 is 2.28 bits per heavy atom. The van der Waals surface area contributed by atoms with E-state index in [0.29, 0.717) is 8.95 Å². The maximum atomic E-state index is 12.3. The number of carbonyl (C=O) groups is 1. The molecule has 0 aliphatic rings. The summed E-state index contributed by atoms with van der Waals surface area (Å²) >= 11 is 6.44. The summed E-state index contributed by atoms with van der Waals surface area (Å²) in [5.41, 5.74) is 0.274. The number of aromatic hydroxyl groups is 2. The Morgan fingerprint density at radius 2 is 1.67 bits per heavy atom. The number of halogens is 2. The molecule has 3 nitrogen and oxygen atoms in total. The van der Waals surface area contributed by atoms with Crippen LogP contribution in [-0.2, 0) is 0 Å². The fourth-order valence-electron chi connectivity index (χ4n) is 1.59. The van der Waals surface area contributed by atoms with Gasteiger partial charge in [0, 0.05) is 8.95 Å². The number of phenols is 2. The minimum Gasteiger partial charge on any atom is -0.507 e. The van der Waals surface area contributed by atoms with Crippen molar-refractivity contribution in [3.63, 3.8) is 0 Å². The molecule has 0 heterocycles. The molecule has 5 heteroatoms. The van der Waals surface area contributed by atoms with Crippen LogP contribution in [0.15, 0.2) is 45.3 Å². The number of rotatable bonds is 2. The maximum absolute atomic E-state index is 12.3. The molecular weight excluding hydrogens is 364 g/mol. The lowest BCUT2D eigenvalue weighted by Crippen LogP contribution is -2.03. The molecule has 2 aromatic carbocycles. The van der Waals surface area contributed by atoms with E-state index in [-0.39, 0.29) is 22.6 Å². The van der Waals surface area contributed by atoms with Crippen LogP contribution < -0.4 is 0 Å². The van der Waals surface area contributed by atoms with E-state index in [2.05, 4.69) is 31.9 Å². The predicted molar refractivity (Wildman–Crippen MR) is 75.0 cm³/mol. The van der Waals surface area contributed by atoms with Crippen LogP contribution in [0.2, 0.25) is 0 Å². The molecule has 18 heavy (non-hydrogen) atoms. The Labute approximate surface area is 120 Å². The van der Waals surface area contributed by atoms with Crippen molar-refractivity contribution in [2.45, 2.75) is 0 Å². The van der Waals surface area contributed by atoms with Crippen LogP contribution in [0.3, 0.4) is 0 Å². The highest BCUT2D eigenvalue weighted by molar-refractivity contribution is 9.11. The van der Waals surface area contributed by atoms with Gasteiger partial charge in [0.2, 0.25) is 5.78 Å². The Hall–Kier alpha value is -1.33. The summed E-state index contributed by atoms with van der Waals surface area (Å²) in [7, 11) is 0. The molecule has 0 amide bonds. The molecular formula is C13H8Br2O3. The van der Waals surface area contributed by atoms with Gasteiger partial charge in [-0.3, -0.25) is 4.79 Å². The number of hydrogen-bond donors (Lipinski definition) is 2. The van der Waals surface area contributed by atoms with E-state index >= 15 is 0 Å². The quantitative estimate of drug-likeness (QED) is 0.788. The van der Waals surface area contributed by atoms with Crippen molar-refractivity contribution in [2.24, 2.45) is 0 Å². The lowest BCUT2D eigenvalue weighted by Gasteiger charge is -2.08. The van der Waals surface area contributed by atoms with Gasteiger partial charge < -0.3 is 10.2 Å². The molecule has 0 unspecified atom stereocenters. The number of carbonyl (C=O) groups excluding carboxylic acids is 1. The minimum absolute atomic E-state index is 0.114. The normalized spacial score (nSPS) is 10.3. The SMILES string of the molecule is O=C(c1ccccc1O)c1c(O)cc(Br)cc1Br. The summed E-state index contributed by atoms with van der Waals surface area (Å²) in [5.74, 6) is -0.703. The van der Waals surface area contributed by atoms with Crippen LogP contribution in [0, 0.1) is 0 Å². The van der Waals surface area contributed by atoms with Crippen LogP contribution in [0.1, 0.15) is 15.9 Å². The van der Waals surface area contributed by atoms with E-state index in [1.54, 1.807) is 18.2 Å². The van der Waals surface area contributed by atoms with E-state index in [9.17, 15) is 15.0 Å². The lowest BCUT2D eigenvalue weighted by atomic mass is 10.0. The van der Waals surface area contributed by atoms with Crippen molar-refractivity contribution in [1.82, 2.24) is 0 Å². The van der Waals surface area contributed by atoms with Crippen LogP contribution in [0.4, 0.5) is 0 Å². The van der Waals surface area contributed by atoms with E-state index < -0.39 is 5.78 Å². The number of ketones is 1. The highest BCUT2D eigenvalue weighted by Crippen LogP contribution is 2.33. The standard InChI is InChI=1S/C13H8Br2O3/c14-7-5-9(15)12(11(17)6-7)13(18)8-3-1-2-4-10(8)16/h1-6,16-17H. The van der Waals surface area contributed by atoms with E-state index in [1.165, 1.54) is 18.2 Å². The van der Waals surface area contributed by atoms with Crippen molar-refractivity contribution in [2.75, 3.05) is 0 Å². The van der Waals surface area contributed by atoms with Gasteiger partial charge in [-0.1, -0.05) is 28.1 Å². The second-order valence-electron chi connectivity index (χ2n) is 3.63. The van der Waals surface area contributed by atoms with Gasteiger partial charge >= 0.3 is 0 Å². The largest absolute Gasteiger partial charge is 0.507 e. The van der Waals surface area contributed by atoms with Gasteiger partial charge in [-0.2, -0.15) is 0 Å². The summed E-state index contributed by atoms with van der Waals surface area (Å²) in [6.07, 6.45) is 0. The van der Waals surface area contributed by atoms with E-state index in [1.807, 2.05) is 0 Å². The maximum Gasteiger partial charge on any atom is 0.201 e.